The van der Waals surface area contributed by atoms with Crippen molar-refractivity contribution in [2.24, 2.45) is 63.3 Å². The van der Waals surface area contributed by atoms with E-state index in [0.29, 0.717) is 17.4 Å². The molecule has 0 aromatic heterocycles. The molecule has 104 heavy (non-hydrogen) atoms. The number of phenolic OH excluding ortho intramolecular Hbond substituents is 1. The van der Waals surface area contributed by atoms with Gasteiger partial charge in [0.05, 0.1) is 57.2 Å². The zero-order chi connectivity index (χ0) is 80.0. The topological polar surface area (TPSA) is 599 Å². The maximum atomic E-state index is 16.4. The minimum Gasteiger partial charge on any atom is -0.508 e. The van der Waals surface area contributed by atoms with E-state index in [1.54, 1.807) is 20.8 Å². The molecule has 1 unspecified atom stereocenters. The molecular formula is C67H118N18O19. The molecule has 0 fully saturated rings. The Hall–Kier alpha value is -8.56. The predicted molar refractivity (Wildman–Crippen MR) is 383 cm³/mol. The molecule has 10 amide bonds. The van der Waals surface area contributed by atoms with Crippen molar-refractivity contribution in [3.63, 3.8) is 0 Å². The van der Waals surface area contributed by atoms with E-state index >= 15 is 24.0 Å². The number of imide groups is 2. The predicted octanol–water partition coefficient (Wildman–Crippen LogP) is -5.42. The Morgan fingerprint density at radius 2 is 1.26 bits per heavy atom. The molecule has 0 aliphatic carbocycles. The highest BCUT2D eigenvalue weighted by Gasteiger charge is 2.59. The Morgan fingerprint density at radius 3 is 1.76 bits per heavy atom. The van der Waals surface area contributed by atoms with Crippen LogP contribution >= 0.6 is 0 Å². The lowest BCUT2D eigenvalue weighted by atomic mass is 9.77. The third kappa shape index (κ3) is 28.8. The highest BCUT2D eigenvalue weighted by Crippen LogP contribution is 2.33. The summed E-state index contributed by atoms with van der Waals surface area (Å²) in [6.07, 6.45) is -7.90. The van der Waals surface area contributed by atoms with Crippen LogP contribution in [0, 0.1) is 35.0 Å². The SMILES string of the molecule is CCC(C)[C@H](NC(=O)[C@@H](CCCNC(=N)N)NC(=O)[C@@](CC(C)C)(C(=O)[C@@H](N)Cc1cccc(O)c1)N(C(=O)[C@H](CC(C)C)NC(=O)[C@@H](CC(C)C)NCCOCCN=C(N(C)C)N(C)C)C(=O)[C@@H](N)[C@H](O)C(C)C)C(=O)N[C@H](C(=O)NCC(=O)N(C(=O)[C@@H](N)[C@H](O)C(N)=O)[C@@H](CO)C(=O)O)[C@H](C)O. The number of ether oxygens (including phenoxy) is 1. The normalized spacial score (nSPS) is 15.8. The van der Waals surface area contributed by atoms with Gasteiger partial charge in [0.25, 0.3) is 11.8 Å². The molecule has 0 spiro atoms. The number of phenols is 1. The van der Waals surface area contributed by atoms with E-state index in [1.165, 1.54) is 58.9 Å². The molecule has 0 saturated carbocycles. The number of guanidine groups is 2. The monoisotopic (exact) mass is 1480 g/mol. The molecule has 1 aromatic rings. The average molecular weight is 1480 g/mol. The molecule has 0 saturated heterocycles. The van der Waals surface area contributed by atoms with Crippen molar-refractivity contribution in [2.45, 2.75) is 199 Å². The van der Waals surface area contributed by atoms with E-state index in [0.717, 1.165) is 6.92 Å². The van der Waals surface area contributed by atoms with Crippen LogP contribution in [0.4, 0.5) is 0 Å². The first-order chi connectivity index (χ1) is 48.4. The Labute approximate surface area is 608 Å². The molecule has 14 atom stereocenters. The van der Waals surface area contributed by atoms with Crippen molar-refractivity contribution in [1.82, 2.24) is 56.8 Å². The van der Waals surface area contributed by atoms with E-state index < -0.39 is 211 Å². The maximum Gasteiger partial charge on any atom is 0.329 e. The lowest BCUT2D eigenvalue weighted by molar-refractivity contribution is -0.169. The fourth-order valence-electron chi connectivity index (χ4n) is 11.1. The first-order valence-corrected chi connectivity index (χ1v) is 34.6. The Bertz CT molecular complexity index is 3070. The number of nitrogens with two attached hydrogens (primary N) is 5. The second kappa shape index (κ2) is 44.9. The second-order valence-corrected chi connectivity index (χ2v) is 27.8. The zero-order valence-electron chi connectivity index (χ0n) is 62.6. The number of amides is 10. The van der Waals surface area contributed by atoms with Crippen molar-refractivity contribution in [3.05, 3.63) is 29.8 Å². The Kier molecular flexibility index (Phi) is 40.4. The van der Waals surface area contributed by atoms with Gasteiger partial charge >= 0.3 is 5.97 Å². The van der Waals surface area contributed by atoms with Crippen molar-refractivity contribution < 1.29 is 92.9 Å². The number of hydrogen-bond acceptors (Lipinski definition) is 24. The number of nitrogens with zero attached hydrogens (tertiary/aromatic N) is 5. The number of nitrogens with one attached hydrogen (secondary N) is 8. The van der Waals surface area contributed by atoms with Crippen molar-refractivity contribution >= 4 is 82.7 Å². The summed E-state index contributed by atoms with van der Waals surface area (Å²) in [7, 11) is 7.41. The highest BCUT2D eigenvalue weighted by molar-refractivity contribution is 6.20. The first kappa shape index (κ1) is 93.5. The Morgan fingerprint density at radius 1 is 0.683 bits per heavy atom. The lowest BCUT2D eigenvalue weighted by Crippen LogP contribution is -2.75. The van der Waals surface area contributed by atoms with Crippen molar-refractivity contribution in [1.29, 1.82) is 5.41 Å². The number of aliphatic imine (C=N–C) groups is 1. The van der Waals surface area contributed by atoms with E-state index in [2.05, 4.69) is 36.9 Å². The van der Waals surface area contributed by atoms with Crippen molar-refractivity contribution in [3.8, 4) is 5.75 Å². The third-order valence-corrected chi connectivity index (χ3v) is 16.7. The molecule has 0 radical (unpaired) electrons. The van der Waals surface area contributed by atoms with Crippen LogP contribution in [0.3, 0.4) is 0 Å². The van der Waals surface area contributed by atoms with Crippen LogP contribution in [0.5, 0.6) is 5.75 Å². The number of rotatable bonds is 46. The summed E-state index contributed by atoms with van der Waals surface area (Å²) < 4.78 is 5.85. The number of aliphatic hydroxyl groups excluding tert-OH is 4. The number of Topliss-reactive ketones (excluding diaryl/α,β-unsaturated/α-hetero) is 1. The number of carbonyl (C=O) groups excluding carboxylic acids is 11. The van der Waals surface area contributed by atoms with Gasteiger partial charge in [-0.1, -0.05) is 87.8 Å². The van der Waals surface area contributed by atoms with E-state index in [1.807, 2.05) is 57.2 Å². The highest BCUT2D eigenvalue weighted by atomic mass is 16.5. The van der Waals surface area contributed by atoms with Gasteiger partial charge in [0.15, 0.2) is 35.4 Å². The number of carboxylic acids is 1. The Balaban J connectivity index is 4.44. The molecule has 590 valence electrons. The van der Waals surface area contributed by atoms with Crippen LogP contribution in [-0.4, -0.2) is 285 Å². The van der Waals surface area contributed by atoms with Crippen LogP contribution in [0.15, 0.2) is 29.3 Å². The van der Waals surface area contributed by atoms with E-state index in [-0.39, 0.29) is 74.1 Å². The first-order valence-electron chi connectivity index (χ1n) is 34.6. The van der Waals surface area contributed by atoms with Crippen LogP contribution in [0.2, 0.25) is 0 Å². The summed E-state index contributed by atoms with van der Waals surface area (Å²) in [6, 6.07) is -11.6. The number of carbonyl (C=O) groups is 12. The van der Waals surface area contributed by atoms with Gasteiger partial charge in [-0.25, -0.2) is 4.79 Å². The average Bonchev–Trinajstić information content (AvgIpc) is 0.739. The quantitative estimate of drug-likeness (QED) is 0.0125. The molecule has 37 heteroatoms. The number of carboxylic acid groups (broad SMARTS) is 1. The summed E-state index contributed by atoms with van der Waals surface area (Å²) in [4.78, 5) is 182. The summed E-state index contributed by atoms with van der Waals surface area (Å²) in [6.45, 7) is 15.2. The van der Waals surface area contributed by atoms with Crippen LogP contribution in [0.25, 0.3) is 0 Å². The van der Waals surface area contributed by atoms with Gasteiger partial charge in [-0.3, -0.25) is 72.9 Å². The fourth-order valence-corrected chi connectivity index (χ4v) is 11.1. The van der Waals surface area contributed by atoms with Gasteiger partial charge in [0.2, 0.25) is 47.3 Å². The molecule has 24 N–H and O–H groups in total. The zero-order valence-corrected chi connectivity index (χ0v) is 62.6. The minimum absolute atomic E-state index is 0.0805. The van der Waals surface area contributed by atoms with Gasteiger partial charge in [-0.2, -0.15) is 0 Å². The van der Waals surface area contributed by atoms with Gasteiger partial charge in [0, 0.05) is 41.3 Å². The molecule has 0 aliphatic heterocycles. The number of aliphatic carboxylic acids is 1. The van der Waals surface area contributed by atoms with Gasteiger partial charge < -0.3 is 111 Å². The number of primary amides is 1. The summed E-state index contributed by atoms with van der Waals surface area (Å²) in [5.41, 5.74) is 26.9. The van der Waals surface area contributed by atoms with Gasteiger partial charge in [-0.15, -0.1) is 0 Å². The number of benzene rings is 1. The number of ketones is 1. The van der Waals surface area contributed by atoms with Crippen LogP contribution in [-0.2, 0) is 68.7 Å². The molecule has 37 nitrogen and oxygen atoms in total. The van der Waals surface area contributed by atoms with E-state index in [9.17, 15) is 64.2 Å². The number of hydrogen-bond donors (Lipinski definition) is 19. The second-order valence-electron chi connectivity index (χ2n) is 27.8. The number of aliphatic hydroxyl groups is 4. The smallest absolute Gasteiger partial charge is 0.329 e. The fraction of sp³-hybridized carbons (Fsp3) is 0.701. The largest absolute Gasteiger partial charge is 0.508 e. The third-order valence-electron chi connectivity index (χ3n) is 16.7. The molecule has 1 aromatic carbocycles. The molecule has 1 rings (SSSR count). The molecule has 0 aliphatic rings. The van der Waals surface area contributed by atoms with E-state index in [4.69, 9.17) is 38.8 Å². The van der Waals surface area contributed by atoms with Gasteiger partial charge in [0.1, 0.15) is 42.0 Å². The standard InChI is InChI=1S/C67H118N18O19/c1-16-38(10)50(59(97)81-51(39(11)87)58(96)77-32-47(89)84(46(33-86)63(101)102)61(99)49(70)53(91)55(71)93)80-56(94)43(21-18-22-75-65(72)73)79-64(103)67(31-36(6)7,54(92)42(68)30-40-19-17-20-41(88)29-40)85(62(100)48(69)52(90)37(8)9)60(98)45(28-35(4)5)78-57(95)44(27-34(2)3)74-23-25-104-26-24-76-66(82(12)13)83(14)15/h17,19-20,29,34-39,42-46,48-53,74,86-88,90-91H,16,18,21-28,30-33,68-70H2,1-15H3,(H2,71,93)(H,77,96)(H,78,95)(H,79,103)(H,80,94)(H,81,97)(H,101,102)(H4,72,73,75)/t38?,39-,42-,43+,44+,45-,46-,48-,49-,50-,51-,52+,53-,67+/m0/s1. The van der Waals surface area contributed by atoms with Gasteiger partial charge in [-0.05, 0) is 92.7 Å². The minimum atomic E-state index is -3.19. The molecular weight excluding hydrogens is 1360 g/mol. The molecule has 0 heterocycles. The number of aromatic hydroxyl groups is 1. The maximum absolute atomic E-state index is 16.4. The van der Waals surface area contributed by atoms with Crippen LogP contribution in [0.1, 0.15) is 120 Å². The van der Waals surface area contributed by atoms with Crippen LogP contribution < -0.4 is 65.9 Å². The van der Waals surface area contributed by atoms with Crippen molar-refractivity contribution in [2.75, 3.05) is 74.2 Å². The molecule has 0 bridgehead atoms. The summed E-state index contributed by atoms with van der Waals surface area (Å²) >= 11 is 0. The lowest BCUT2D eigenvalue weighted by Gasteiger charge is -2.45. The summed E-state index contributed by atoms with van der Waals surface area (Å²) in [5.74, 6) is -20.3. The summed E-state index contributed by atoms with van der Waals surface area (Å²) in [5, 5.41) is 88.7.